The Bertz CT molecular complexity index is 188. The molecule has 0 aromatic rings. The van der Waals surface area contributed by atoms with E-state index in [0.29, 0.717) is 5.92 Å². The van der Waals surface area contributed by atoms with E-state index >= 15 is 0 Å². The number of aliphatic hydroxyl groups excluding tert-OH is 1. The second-order valence-electron chi connectivity index (χ2n) is 4.67. The molecule has 0 amide bonds. The van der Waals surface area contributed by atoms with Crippen molar-refractivity contribution >= 4 is 0 Å². The fraction of sp³-hybridized carbons (Fsp3) is 1.00. The lowest BCUT2D eigenvalue weighted by molar-refractivity contribution is -0.154. The summed E-state index contributed by atoms with van der Waals surface area (Å²) < 4.78 is 5.49. The summed E-state index contributed by atoms with van der Waals surface area (Å²) in [5.74, 6) is 0.560. The average Bonchev–Trinajstić information content (AvgIpc) is 1.88. The van der Waals surface area contributed by atoms with Gasteiger partial charge in [0.2, 0.25) is 0 Å². The molecule has 0 spiro atoms. The standard InChI is InChI=1S/C9H16O2/c1-8(2)6-4-5-9(6,3)7(10)11-8/h6-7,10H,4-5H2,1-3H3/t6-,7?,9-/m1/s1. The van der Waals surface area contributed by atoms with Crippen LogP contribution in [0.25, 0.3) is 0 Å². The van der Waals surface area contributed by atoms with Gasteiger partial charge in [-0.05, 0) is 32.6 Å². The van der Waals surface area contributed by atoms with Crippen molar-refractivity contribution in [3.8, 4) is 0 Å². The minimum atomic E-state index is -0.531. The quantitative estimate of drug-likeness (QED) is 0.576. The molecule has 1 aliphatic heterocycles. The van der Waals surface area contributed by atoms with Crippen LogP contribution in [0, 0.1) is 11.3 Å². The number of fused-ring (bicyclic) bond motifs is 1. The Morgan fingerprint density at radius 2 is 2.00 bits per heavy atom. The highest BCUT2D eigenvalue weighted by Gasteiger charge is 2.61. The third-order valence-electron chi connectivity index (χ3n) is 3.59. The zero-order valence-electron chi connectivity index (χ0n) is 7.42. The number of hydrogen-bond acceptors (Lipinski definition) is 2. The molecule has 0 aromatic carbocycles. The molecule has 0 bridgehead atoms. The lowest BCUT2D eigenvalue weighted by atomic mass is 9.58. The van der Waals surface area contributed by atoms with Gasteiger partial charge in [0.05, 0.1) is 5.60 Å². The van der Waals surface area contributed by atoms with Crippen LogP contribution in [0.1, 0.15) is 33.6 Å². The summed E-state index contributed by atoms with van der Waals surface area (Å²) in [6.45, 7) is 6.27. The maximum Gasteiger partial charge on any atom is 0.160 e. The molecule has 0 aromatic heterocycles. The van der Waals surface area contributed by atoms with Crippen LogP contribution in [0.3, 0.4) is 0 Å². The molecule has 1 saturated heterocycles. The van der Waals surface area contributed by atoms with Crippen molar-refractivity contribution in [1.29, 1.82) is 0 Å². The zero-order valence-corrected chi connectivity index (χ0v) is 7.42. The van der Waals surface area contributed by atoms with Gasteiger partial charge in [0.15, 0.2) is 6.29 Å². The topological polar surface area (TPSA) is 29.5 Å². The summed E-state index contributed by atoms with van der Waals surface area (Å²) >= 11 is 0. The molecule has 1 aliphatic carbocycles. The monoisotopic (exact) mass is 156 g/mol. The van der Waals surface area contributed by atoms with Crippen LogP contribution < -0.4 is 0 Å². The number of ether oxygens (including phenoxy) is 1. The molecular weight excluding hydrogens is 140 g/mol. The maximum atomic E-state index is 9.59. The van der Waals surface area contributed by atoms with Crippen LogP contribution in [0.5, 0.6) is 0 Å². The largest absolute Gasteiger partial charge is 0.367 e. The van der Waals surface area contributed by atoms with Crippen LogP contribution in [0.15, 0.2) is 0 Å². The van der Waals surface area contributed by atoms with Crippen molar-refractivity contribution in [2.75, 3.05) is 0 Å². The molecule has 1 heterocycles. The lowest BCUT2D eigenvalue weighted by Crippen LogP contribution is -2.45. The van der Waals surface area contributed by atoms with Gasteiger partial charge in [-0.25, -0.2) is 0 Å². The minimum absolute atomic E-state index is 0.0590. The van der Waals surface area contributed by atoms with Crippen LogP contribution in [-0.2, 0) is 4.74 Å². The fourth-order valence-electron chi connectivity index (χ4n) is 2.69. The highest BCUT2D eigenvalue weighted by Crippen LogP contribution is 2.60. The van der Waals surface area contributed by atoms with E-state index in [1.807, 2.05) is 0 Å². The van der Waals surface area contributed by atoms with Crippen molar-refractivity contribution < 1.29 is 9.84 Å². The molecule has 2 fully saturated rings. The summed E-state index contributed by atoms with van der Waals surface area (Å²) in [6, 6.07) is 0. The first kappa shape index (κ1) is 7.56. The van der Waals surface area contributed by atoms with Crippen molar-refractivity contribution in [3.63, 3.8) is 0 Å². The first-order chi connectivity index (χ1) is 4.97. The lowest BCUT2D eigenvalue weighted by Gasteiger charge is -2.45. The zero-order chi connectivity index (χ0) is 8.28. The molecule has 3 atom stereocenters. The fourth-order valence-corrected chi connectivity index (χ4v) is 2.69. The molecule has 11 heavy (non-hydrogen) atoms. The highest BCUT2D eigenvalue weighted by molar-refractivity contribution is 5.06. The maximum absolute atomic E-state index is 9.59. The Morgan fingerprint density at radius 3 is 2.18 bits per heavy atom. The number of rotatable bonds is 0. The van der Waals surface area contributed by atoms with Crippen LogP contribution in [0.4, 0.5) is 0 Å². The van der Waals surface area contributed by atoms with Gasteiger partial charge in [-0.15, -0.1) is 0 Å². The molecule has 1 N–H and O–H groups in total. The first-order valence-corrected chi connectivity index (χ1v) is 4.33. The van der Waals surface area contributed by atoms with Crippen molar-refractivity contribution in [2.45, 2.75) is 45.5 Å². The smallest absolute Gasteiger partial charge is 0.160 e. The molecule has 2 rings (SSSR count). The Labute approximate surface area is 67.6 Å². The van der Waals surface area contributed by atoms with Gasteiger partial charge in [0, 0.05) is 5.41 Å². The van der Waals surface area contributed by atoms with Gasteiger partial charge in [0.1, 0.15) is 0 Å². The summed E-state index contributed by atoms with van der Waals surface area (Å²) in [5, 5.41) is 9.59. The van der Waals surface area contributed by atoms with Crippen LogP contribution in [0.2, 0.25) is 0 Å². The van der Waals surface area contributed by atoms with E-state index in [2.05, 4.69) is 20.8 Å². The third-order valence-corrected chi connectivity index (χ3v) is 3.59. The average molecular weight is 156 g/mol. The normalized spacial score (nSPS) is 53.5. The van der Waals surface area contributed by atoms with Crippen molar-refractivity contribution in [1.82, 2.24) is 0 Å². The third kappa shape index (κ3) is 0.744. The van der Waals surface area contributed by atoms with E-state index in [-0.39, 0.29) is 11.0 Å². The van der Waals surface area contributed by atoms with E-state index in [1.165, 1.54) is 6.42 Å². The molecule has 1 unspecified atom stereocenters. The predicted molar refractivity (Wildman–Crippen MR) is 42.0 cm³/mol. The van der Waals surface area contributed by atoms with E-state index in [1.54, 1.807) is 0 Å². The molecule has 2 heteroatoms. The molecule has 1 saturated carbocycles. The van der Waals surface area contributed by atoms with Crippen LogP contribution in [-0.4, -0.2) is 17.0 Å². The summed E-state index contributed by atoms with van der Waals surface area (Å²) in [5.41, 5.74) is -0.0457. The Hall–Kier alpha value is -0.0800. The van der Waals surface area contributed by atoms with E-state index in [9.17, 15) is 5.11 Å². The minimum Gasteiger partial charge on any atom is -0.367 e. The summed E-state index contributed by atoms with van der Waals surface area (Å²) in [7, 11) is 0. The van der Waals surface area contributed by atoms with Gasteiger partial charge in [-0.1, -0.05) is 6.92 Å². The second kappa shape index (κ2) is 1.80. The van der Waals surface area contributed by atoms with Gasteiger partial charge in [-0.3, -0.25) is 0 Å². The molecule has 0 radical (unpaired) electrons. The second-order valence-corrected chi connectivity index (χ2v) is 4.67. The van der Waals surface area contributed by atoms with Crippen molar-refractivity contribution in [3.05, 3.63) is 0 Å². The highest BCUT2D eigenvalue weighted by atomic mass is 16.6. The van der Waals surface area contributed by atoms with E-state index < -0.39 is 6.29 Å². The first-order valence-electron chi connectivity index (χ1n) is 4.33. The Balaban J connectivity index is 2.28. The van der Waals surface area contributed by atoms with E-state index in [4.69, 9.17) is 4.74 Å². The van der Waals surface area contributed by atoms with Gasteiger partial charge < -0.3 is 9.84 Å². The van der Waals surface area contributed by atoms with Gasteiger partial charge >= 0.3 is 0 Å². The summed E-state index contributed by atoms with van der Waals surface area (Å²) in [4.78, 5) is 0. The molecule has 2 nitrogen and oxygen atoms in total. The molecular formula is C9H16O2. The van der Waals surface area contributed by atoms with E-state index in [0.717, 1.165) is 6.42 Å². The molecule has 64 valence electrons. The Morgan fingerprint density at radius 1 is 1.36 bits per heavy atom. The predicted octanol–water partition coefficient (Wildman–Crippen LogP) is 1.53. The summed E-state index contributed by atoms with van der Waals surface area (Å²) in [6.07, 6.45) is 1.79. The number of aliphatic hydroxyl groups is 1. The van der Waals surface area contributed by atoms with Crippen molar-refractivity contribution in [2.24, 2.45) is 11.3 Å². The van der Waals surface area contributed by atoms with Gasteiger partial charge in [0.25, 0.3) is 0 Å². The molecule has 2 aliphatic rings. The number of hydrogen-bond donors (Lipinski definition) is 1. The SMILES string of the molecule is CC1(C)OC(O)[C@]2(C)CC[C@H]12. The van der Waals surface area contributed by atoms with Crippen LogP contribution >= 0.6 is 0 Å². The Kier molecular flexibility index (Phi) is 1.24. The van der Waals surface area contributed by atoms with Gasteiger partial charge in [-0.2, -0.15) is 0 Å².